The van der Waals surface area contributed by atoms with Crippen LogP contribution in [0.15, 0.2) is 35.2 Å². The van der Waals surface area contributed by atoms with Crippen LogP contribution in [-0.4, -0.2) is 27.2 Å². The summed E-state index contributed by atoms with van der Waals surface area (Å²) in [6, 6.07) is 8.98. The van der Waals surface area contributed by atoms with Gasteiger partial charge in [0.15, 0.2) is 0 Å². The number of rotatable bonds is 2. The van der Waals surface area contributed by atoms with Gasteiger partial charge in [-0.15, -0.1) is 0 Å². The number of hydrogen-bond acceptors (Lipinski definition) is 3. The molecule has 0 amide bonds. The highest BCUT2D eigenvalue weighted by Gasteiger charge is 2.33. The van der Waals surface area contributed by atoms with Gasteiger partial charge in [0, 0.05) is 19.0 Å². The summed E-state index contributed by atoms with van der Waals surface area (Å²) in [7, 11) is -1.83. The molecule has 0 fully saturated rings. The molecule has 1 aliphatic rings. The van der Waals surface area contributed by atoms with E-state index in [1.807, 2.05) is 26.0 Å². The van der Waals surface area contributed by atoms with Gasteiger partial charge in [0.1, 0.15) is 0 Å². The molecule has 0 atom stereocenters. The molecule has 1 heterocycles. The lowest BCUT2D eigenvalue weighted by Crippen LogP contribution is -2.21. The van der Waals surface area contributed by atoms with Gasteiger partial charge in [-0.25, -0.2) is 8.42 Å². The van der Waals surface area contributed by atoms with Crippen LogP contribution in [0.1, 0.15) is 19.4 Å². The Morgan fingerprint density at radius 1 is 1.15 bits per heavy atom. The normalized spacial score (nSPS) is 15.1. The maximum Gasteiger partial charge on any atom is 0.264 e. The maximum atomic E-state index is 12.2. The Morgan fingerprint density at radius 3 is 2.50 bits per heavy atom. The standard InChI is InChI=1S/C13H13NO3S.C2H6/c1-14-11-4-2-3-10-9(7-8-15)5-6-12(13(10)11)18(14,16)17;1-2/h2-6,15H,7-8H2,1H3;1-2H3. The van der Waals surface area contributed by atoms with Crippen molar-refractivity contribution in [2.75, 3.05) is 18.0 Å². The quantitative estimate of drug-likeness (QED) is 0.925. The van der Waals surface area contributed by atoms with Gasteiger partial charge >= 0.3 is 0 Å². The van der Waals surface area contributed by atoms with Gasteiger partial charge in [0.25, 0.3) is 10.0 Å². The highest BCUT2D eigenvalue weighted by molar-refractivity contribution is 7.93. The van der Waals surface area contributed by atoms with Crippen LogP contribution < -0.4 is 4.31 Å². The predicted molar refractivity (Wildman–Crippen MR) is 81.7 cm³/mol. The first kappa shape index (κ1) is 14.8. The van der Waals surface area contributed by atoms with E-state index in [-0.39, 0.29) is 6.61 Å². The van der Waals surface area contributed by atoms with Gasteiger partial charge in [0.2, 0.25) is 0 Å². The third-order valence-electron chi connectivity index (χ3n) is 3.43. The van der Waals surface area contributed by atoms with Crippen molar-refractivity contribution in [2.24, 2.45) is 0 Å². The second kappa shape index (κ2) is 5.42. The molecule has 0 radical (unpaired) electrons. The first-order valence-corrected chi connectivity index (χ1v) is 8.16. The minimum atomic E-state index is -3.40. The molecule has 1 N–H and O–H groups in total. The second-order valence-electron chi connectivity index (χ2n) is 4.37. The molecule has 0 aromatic heterocycles. The summed E-state index contributed by atoms with van der Waals surface area (Å²) in [5, 5.41) is 10.7. The lowest BCUT2D eigenvalue weighted by molar-refractivity contribution is 0.300. The molecule has 20 heavy (non-hydrogen) atoms. The molecule has 2 aromatic rings. The predicted octanol–water partition coefficient (Wildman–Crippen LogP) is 2.54. The Bertz CT molecular complexity index is 738. The van der Waals surface area contributed by atoms with Crippen molar-refractivity contribution in [3.8, 4) is 0 Å². The summed E-state index contributed by atoms with van der Waals surface area (Å²) in [4.78, 5) is 0.359. The monoisotopic (exact) mass is 293 g/mol. The lowest BCUT2D eigenvalue weighted by atomic mass is 10.0. The van der Waals surface area contributed by atoms with E-state index in [0.717, 1.165) is 16.3 Å². The van der Waals surface area contributed by atoms with Crippen LogP contribution in [0.4, 0.5) is 5.69 Å². The van der Waals surface area contributed by atoms with Gasteiger partial charge in [-0.3, -0.25) is 4.31 Å². The molecule has 1 aliphatic heterocycles. The van der Waals surface area contributed by atoms with Crippen LogP contribution in [-0.2, 0) is 16.4 Å². The summed E-state index contributed by atoms with van der Waals surface area (Å²) in [6.07, 6.45) is 0.532. The Balaban J connectivity index is 0.000000704. The van der Waals surface area contributed by atoms with Crippen molar-refractivity contribution < 1.29 is 13.5 Å². The SMILES string of the molecule is CC.CN1c2cccc3c(CCO)ccc(c23)S1(=O)=O. The number of sulfonamides is 1. The molecular formula is C15H19NO3S. The van der Waals surface area contributed by atoms with Crippen LogP contribution >= 0.6 is 0 Å². The molecule has 5 heteroatoms. The van der Waals surface area contributed by atoms with Crippen LogP contribution in [0, 0.1) is 0 Å². The number of nitrogens with zero attached hydrogens (tertiary/aromatic N) is 1. The maximum absolute atomic E-state index is 12.2. The molecule has 108 valence electrons. The van der Waals surface area contributed by atoms with E-state index < -0.39 is 10.0 Å². The molecule has 2 aromatic carbocycles. The van der Waals surface area contributed by atoms with Gasteiger partial charge in [-0.2, -0.15) is 0 Å². The number of anilines is 1. The summed E-state index contributed by atoms with van der Waals surface area (Å²) in [6.45, 7) is 4.06. The van der Waals surface area contributed by atoms with Crippen molar-refractivity contribution in [3.63, 3.8) is 0 Å². The number of benzene rings is 2. The van der Waals surface area contributed by atoms with Crippen LogP contribution in [0.3, 0.4) is 0 Å². The number of hydrogen-bond donors (Lipinski definition) is 1. The third-order valence-corrected chi connectivity index (χ3v) is 5.24. The zero-order valence-electron chi connectivity index (χ0n) is 11.9. The lowest BCUT2D eigenvalue weighted by Gasteiger charge is -2.10. The van der Waals surface area contributed by atoms with Crippen molar-refractivity contribution in [1.82, 2.24) is 0 Å². The molecule has 0 saturated heterocycles. The molecule has 3 rings (SSSR count). The summed E-state index contributed by atoms with van der Waals surface area (Å²) >= 11 is 0. The van der Waals surface area contributed by atoms with Gasteiger partial charge < -0.3 is 5.11 Å². The van der Waals surface area contributed by atoms with E-state index in [0.29, 0.717) is 17.0 Å². The molecule has 4 nitrogen and oxygen atoms in total. The Morgan fingerprint density at radius 2 is 1.85 bits per heavy atom. The summed E-state index contributed by atoms with van der Waals surface area (Å²) < 4.78 is 25.7. The van der Waals surface area contributed by atoms with E-state index in [2.05, 4.69) is 0 Å². The average molecular weight is 293 g/mol. The minimum Gasteiger partial charge on any atom is -0.396 e. The second-order valence-corrected chi connectivity index (χ2v) is 6.31. The molecule has 0 bridgehead atoms. The highest BCUT2D eigenvalue weighted by atomic mass is 32.2. The van der Waals surface area contributed by atoms with Crippen molar-refractivity contribution in [3.05, 3.63) is 35.9 Å². The fraction of sp³-hybridized carbons (Fsp3) is 0.333. The fourth-order valence-electron chi connectivity index (χ4n) is 2.51. The molecule has 0 aliphatic carbocycles. The van der Waals surface area contributed by atoms with E-state index in [4.69, 9.17) is 5.11 Å². The topological polar surface area (TPSA) is 57.6 Å². The van der Waals surface area contributed by atoms with Gasteiger partial charge in [-0.1, -0.05) is 32.0 Å². The zero-order chi connectivity index (χ0) is 14.9. The fourth-order valence-corrected chi connectivity index (χ4v) is 3.93. The van der Waals surface area contributed by atoms with Crippen molar-refractivity contribution in [2.45, 2.75) is 25.2 Å². The van der Waals surface area contributed by atoms with Gasteiger partial charge in [-0.05, 0) is 29.5 Å². The first-order valence-electron chi connectivity index (χ1n) is 6.72. The van der Waals surface area contributed by atoms with E-state index in [1.54, 1.807) is 25.2 Å². The van der Waals surface area contributed by atoms with Crippen LogP contribution in [0.5, 0.6) is 0 Å². The van der Waals surface area contributed by atoms with Crippen LogP contribution in [0.2, 0.25) is 0 Å². The molecule has 0 unspecified atom stereocenters. The van der Waals surface area contributed by atoms with Crippen LogP contribution in [0.25, 0.3) is 10.8 Å². The molecular weight excluding hydrogens is 274 g/mol. The largest absolute Gasteiger partial charge is 0.396 e. The van der Waals surface area contributed by atoms with E-state index >= 15 is 0 Å². The average Bonchev–Trinajstić information content (AvgIpc) is 2.66. The number of aliphatic hydroxyl groups is 1. The van der Waals surface area contributed by atoms with Gasteiger partial charge in [0.05, 0.1) is 10.6 Å². The number of aliphatic hydroxyl groups excluding tert-OH is 1. The first-order chi connectivity index (χ1) is 9.57. The molecule has 0 saturated carbocycles. The van der Waals surface area contributed by atoms with Crippen molar-refractivity contribution >= 4 is 26.5 Å². The smallest absolute Gasteiger partial charge is 0.264 e. The highest BCUT2D eigenvalue weighted by Crippen LogP contribution is 2.42. The Kier molecular flexibility index (Phi) is 4.01. The van der Waals surface area contributed by atoms with Crippen molar-refractivity contribution in [1.29, 1.82) is 0 Å². The summed E-state index contributed by atoms with van der Waals surface area (Å²) in [5.74, 6) is 0. The zero-order valence-corrected chi connectivity index (χ0v) is 12.7. The third kappa shape index (κ3) is 1.98. The Hall–Kier alpha value is -1.59. The minimum absolute atomic E-state index is 0.0568. The summed E-state index contributed by atoms with van der Waals surface area (Å²) in [5.41, 5.74) is 1.69. The Labute approximate surface area is 119 Å². The van der Waals surface area contributed by atoms with E-state index in [9.17, 15) is 8.42 Å². The van der Waals surface area contributed by atoms with E-state index in [1.165, 1.54) is 4.31 Å². The molecule has 0 spiro atoms.